The van der Waals surface area contributed by atoms with Crippen LogP contribution in [-0.2, 0) is 4.79 Å². The Bertz CT molecular complexity index is 268. The third-order valence-electron chi connectivity index (χ3n) is 1.45. The summed E-state index contributed by atoms with van der Waals surface area (Å²) in [5.74, 6) is 0.669. The van der Waals surface area contributed by atoms with Gasteiger partial charge >= 0.3 is 0 Å². The SMILES string of the molecule is CC=C(C(C)=O)c1ccco1. The zero-order valence-corrected chi connectivity index (χ0v) is 6.63. The van der Waals surface area contributed by atoms with Crippen LogP contribution in [0.25, 0.3) is 5.57 Å². The number of hydrogen-bond donors (Lipinski definition) is 0. The molecule has 0 aliphatic carbocycles. The summed E-state index contributed by atoms with van der Waals surface area (Å²) in [4.78, 5) is 10.9. The van der Waals surface area contributed by atoms with Gasteiger partial charge in [-0.3, -0.25) is 4.79 Å². The molecule has 0 amide bonds. The van der Waals surface area contributed by atoms with Crippen molar-refractivity contribution in [1.29, 1.82) is 0 Å². The minimum atomic E-state index is 0.0300. The first-order valence-corrected chi connectivity index (χ1v) is 3.47. The second kappa shape index (κ2) is 3.19. The molecule has 2 nitrogen and oxygen atoms in total. The highest BCUT2D eigenvalue weighted by molar-refractivity contribution is 6.18. The third kappa shape index (κ3) is 1.58. The highest BCUT2D eigenvalue weighted by Gasteiger charge is 2.07. The summed E-state index contributed by atoms with van der Waals surface area (Å²) in [5.41, 5.74) is 0.634. The molecule has 11 heavy (non-hydrogen) atoms. The van der Waals surface area contributed by atoms with Crippen molar-refractivity contribution in [2.24, 2.45) is 0 Å². The first kappa shape index (κ1) is 7.79. The quantitative estimate of drug-likeness (QED) is 0.605. The molecular formula is C9H10O2. The van der Waals surface area contributed by atoms with Crippen LogP contribution in [0.5, 0.6) is 0 Å². The van der Waals surface area contributed by atoms with Crippen LogP contribution in [0, 0.1) is 0 Å². The molecule has 0 fully saturated rings. The molecule has 0 aliphatic heterocycles. The molecule has 1 heterocycles. The number of allylic oxidation sites excluding steroid dienone is 2. The second-order valence-corrected chi connectivity index (χ2v) is 2.24. The average molecular weight is 150 g/mol. The molecule has 2 heteroatoms. The van der Waals surface area contributed by atoms with Gasteiger partial charge in [0.25, 0.3) is 0 Å². The summed E-state index contributed by atoms with van der Waals surface area (Å²) in [7, 11) is 0. The van der Waals surface area contributed by atoms with Gasteiger partial charge in [0.15, 0.2) is 5.78 Å². The monoisotopic (exact) mass is 150 g/mol. The van der Waals surface area contributed by atoms with Crippen LogP contribution < -0.4 is 0 Å². The van der Waals surface area contributed by atoms with E-state index in [9.17, 15) is 4.79 Å². The van der Waals surface area contributed by atoms with Crippen molar-refractivity contribution in [3.8, 4) is 0 Å². The van der Waals surface area contributed by atoms with Crippen LogP contribution in [0.4, 0.5) is 0 Å². The Morgan fingerprint density at radius 2 is 2.36 bits per heavy atom. The van der Waals surface area contributed by atoms with E-state index in [1.807, 2.05) is 6.92 Å². The predicted molar refractivity (Wildman–Crippen MR) is 43.0 cm³/mol. The second-order valence-electron chi connectivity index (χ2n) is 2.24. The van der Waals surface area contributed by atoms with Gasteiger partial charge in [0.05, 0.1) is 11.8 Å². The first-order chi connectivity index (χ1) is 5.25. The van der Waals surface area contributed by atoms with Crippen LogP contribution in [0.2, 0.25) is 0 Å². The molecule has 1 aromatic rings. The Kier molecular flexibility index (Phi) is 2.26. The molecule has 0 spiro atoms. The van der Waals surface area contributed by atoms with Crippen molar-refractivity contribution in [3.63, 3.8) is 0 Å². The largest absolute Gasteiger partial charge is 0.464 e. The molecule has 0 aromatic carbocycles. The molecule has 0 N–H and O–H groups in total. The van der Waals surface area contributed by atoms with Gasteiger partial charge < -0.3 is 4.42 Å². The Labute approximate surface area is 65.5 Å². The summed E-state index contributed by atoms with van der Waals surface area (Å²) >= 11 is 0. The van der Waals surface area contributed by atoms with E-state index in [1.165, 1.54) is 6.92 Å². The van der Waals surface area contributed by atoms with Crippen molar-refractivity contribution in [1.82, 2.24) is 0 Å². The fourth-order valence-electron chi connectivity index (χ4n) is 0.951. The molecule has 0 saturated heterocycles. The zero-order chi connectivity index (χ0) is 8.27. The van der Waals surface area contributed by atoms with E-state index in [1.54, 1.807) is 24.5 Å². The van der Waals surface area contributed by atoms with Gasteiger partial charge in [-0.2, -0.15) is 0 Å². The minimum absolute atomic E-state index is 0.0300. The molecule has 1 rings (SSSR count). The average Bonchev–Trinajstić information content (AvgIpc) is 2.40. The molecule has 0 saturated carbocycles. The molecular weight excluding hydrogens is 140 g/mol. The highest BCUT2D eigenvalue weighted by Crippen LogP contribution is 2.14. The summed E-state index contributed by atoms with van der Waals surface area (Å²) < 4.78 is 5.06. The normalized spacial score (nSPS) is 11.6. The van der Waals surface area contributed by atoms with E-state index < -0.39 is 0 Å². The predicted octanol–water partition coefficient (Wildman–Crippen LogP) is 2.27. The van der Waals surface area contributed by atoms with Gasteiger partial charge in [0.2, 0.25) is 0 Å². The van der Waals surface area contributed by atoms with Gasteiger partial charge in [-0.1, -0.05) is 6.08 Å². The van der Waals surface area contributed by atoms with Crippen LogP contribution in [0.3, 0.4) is 0 Å². The minimum Gasteiger partial charge on any atom is -0.464 e. The highest BCUT2D eigenvalue weighted by atomic mass is 16.3. The maximum atomic E-state index is 10.9. The lowest BCUT2D eigenvalue weighted by molar-refractivity contribution is -0.111. The molecule has 0 bridgehead atoms. The number of carbonyl (C=O) groups excluding carboxylic acids is 1. The summed E-state index contributed by atoms with van der Waals surface area (Å²) in [6.45, 7) is 3.34. The van der Waals surface area contributed by atoms with Crippen molar-refractivity contribution in [2.45, 2.75) is 13.8 Å². The number of furan rings is 1. The lowest BCUT2D eigenvalue weighted by atomic mass is 10.1. The smallest absolute Gasteiger partial charge is 0.163 e. The van der Waals surface area contributed by atoms with Crippen molar-refractivity contribution in [3.05, 3.63) is 30.2 Å². The summed E-state index contributed by atoms with van der Waals surface area (Å²) in [5, 5.41) is 0. The van der Waals surface area contributed by atoms with Gasteiger partial charge in [0, 0.05) is 0 Å². The zero-order valence-electron chi connectivity index (χ0n) is 6.63. The van der Waals surface area contributed by atoms with E-state index in [4.69, 9.17) is 4.42 Å². The fourth-order valence-corrected chi connectivity index (χ4v) is 0.951. The number of Topliss-reactive ketones (excluding diaryl/α,β-unsaturated/α-hetero) is 1. The van der Waals surface area contributed by atoms with Crippen molar-refractivity contribution < 1.29 is 9.21 Å². The van der Waals surface area contributed by atoms with Crippen molar-refractivity contribution in [2.75, 3.05) is 0 Å². The van der Waals surface area contributed by atoms with E-state index in [0.717, 1.165) is 0 Å². The Morgan fingerprint density at radius 1 is 1.64 bits per heavy atom. The molecule has 1 aromatic heterocycles. The van der Waals surface area contributed by atoms with Crippen LogP contribution >= 0.6 is 0 Å². The van der Waals surface area contributed by atoms with E-state index in [2.05, 4.69) is 0 Å². The molecule has 0 atom stereocenters. The maximum Gasteiger partial charge on any atom is 0.163 e. The van der Waals surface area contributed by atoms with Gasteiger partial charge in [-0.15, -0.1) is 0 Å². The Hall–Kier alpha value is -1.31. The van der Waals surface area contributed by atoms with Gasteiger partial charge in [-0.25, -0.2) is 0 Å². The first-order valence-electron chi connectivity index (χ1n) is 3.47. The number of ketones is 1. The van der Waals surface area contributed by atoms with Crippen molar-refractivity contribution >= 4 is 11.4 Å². The third-order valence-corrected chi connectivity index (χ3v) is 1.45. The Balaban J connectivity index is 2.99. The molecule has 0 unspecified atom stereocenters. The van der Waals surface area contributed by atoms with Gasteiger partial charge in [0.1, 0.15) is 5.76 Å². The topological polar surface area (TPSA) is 30.2 Å². The van der Waals surface area contributed by atoms with Gasteiger partial charge in [-0.05, 0) is 26.0 Å². The molecule has 0 aliphatic rings. The standard InChI is InChI=1S/C9H10O2/c1-3-8(7(2)10)9-5-4-6-11-9/h3-6H,1-2H3. The number of carbonyl (C=O) groups is 1. The fraction of sp³-hybridized carbons (Fsp3) is 0.222. The maximum absolute atomic E-state index is 10.9. The number of hydrogen-bond acceptors (Lipinski definition) is 2. The van der Waals surface area contributed by atoms with Crippen LogP contribution in [0.1, 0.15) is 19.6 Å². The van der Waals surface area contributed by atoms with E-state index in [-0.39, 0.29) is 5.78 Å². The Morgan fingerprint density at radius 3 is 2.73 bits per heavy atom. The van der Waals surface area contributed by atoms with Crippen LogP contribution in [-0.4, -0.2) is 5.78 Å². The van der Waals surface area contributed by atoms with Crippen LogP contribution in [0.15, 0.2) is 28.9 Å². The lowest BCUT2D eigenvalue weighted by Crippen LogP contribution is -1.93. The van der Waals surface area contributed by atoms with E-state index >= 15 is 0 Å². The molecule has 58 valence electrons. The lowest BCUT2D eigenvalue weighted by Gasteiger charge is -1.95. The summed E-state index contributed by atoms with van der Waals surface area (Å²) in [6, 6.07) is 3.54. The van der Waals surface area contributed by atoms with E-state index in [0.29, 0.717) is 11.3 Å². The number of rotatable bonds is 2. The molecule has 0 radical (unpaired) electrons. The summed E-state index contributed by atoms with van der Waals surface area (Å²) in [6.07, 6.45) is 3.31.